The number of amides is 2. The van der Waals surface area contributed by atoms with Crippen molar-refractivity contribution in [2.24, 2.45) is 0 Å². The van der Waals surface area contributed by atoms with Crippen molar-refractivity contribution in [1.29, 1.82) is 0 Å². The molecule has 3 rings (SSSR count). The molecule has 0 bridgehead atoms. The van der Waals surface area contributed by atoms with Gasteiger partial charge in [-0.15, -0.1) is 0 Å². The lowest BCUT2D eigenvalue weighted by molar-refractivity contribution is -0.384. The lowest BCUT2D eigenvalue weighted by atomic mass is 10.1. The molecule has 1 aliphatic rings. The number of fused-ring (bicyclic) bond motifs is 1. The van der Waals surface area contributed by atoms with E-state index in [0.717, 1.165) is 25.3 Å². The molecule has 0 heterocycles. The van der Waals surface area contributed by atoms with Crippen molar-refractivity contribution in [3.8, 4) is 0 Å². The van der Waals surface area contributed by atoms with Crippen molar-refractivity contribution >= 4 is 46.6 Å². The maximum absolute atomic E-state index is 12.9. The molecule has 2 aromatic rings. The van der Waals surface area contributed by atoms with E-state index in [1.54, 1.807) is 11.8 Å². The Morgan fingerprint density at radius 1 is 1.20 bits per heavy atom. The SMILES string of the molecule is CSCC[C@H](NC(=O)c1ccc(Cl)c([N+](=O)[O-])c1)C(=O)Nc1ccc2c(c1)CCC2. The standard InChI is InChI=1S/C21H22ClN3O4S/c1-30-10-9-18(21(27)23-16-7-5-13-3-2-4-14(13)11-16)24-20(26)15-6-8-17(22)19(12-15)25(28)29/h5-8,11-12,18H,2-4,9-10H2,1H3,(H,23,27)(H,24,26)/t18-/m0/s1. The number of nitro groups is 1. The number of halogens is 1. The fraction of sp³-hybridized carbons (Fsp3) is 0.333. The quantitative estimate of drug-likeness (QED) is 0.465. The first-order chi connectivity index (χ1) is 14.4. The van der Waals surface area contributed by atoms with Gasteiger partial charge in [0.05, 0.1) is 4.92 Å². The van der Waals surface area contributed by atoms with Gasteiger partial charge in [-0.3, -0.25) is 19.7 Å². The molecule has 0 unspecified atom stereocenters. The first-order valence-electron chi connectivity index (χ1n) is 9.55. The first kappa shape index (κ1) is 22.1. The van der Waals surface area contributed by atoms with E-state index in [-0.39, 0.29) is 22.2 Å². The van der Waals surface area contributed by atoms with Crippen molar-refractivity contribution < 1.29 is 14.5 Å². The summed E-state index contributed by atoms with van der Waals surface area (Å²) in [5.74, 6) is -0.215. The highest BCUT2D eigenvalue weighted by atomic mass is 35.5. The van der Waals surface area contributed by atoms with Crippen LogP contribution < -0.4 is 10.6 Å². The minimum Gasteiger partial charge on any atom is -0.340 e. The molecule has 158 valence electrons. The summed E-state index contributed by atoms with van der Waals surface area (Å²) in [6.45, 7) is 0. The zero-order valence-corrected chi connectivity index (χ0v) is 18.0. The Morgan fingerprint density at radius 2 is 1.97 bits per heavy atom. The second kappa shape index (κ2) is 9.95. The fourth-order valence-corrected chi connectivity index (χ4v) is 4.08. The van der Waals surface area contributed by atoms with Crippen molar-refractivity contribution in [2.45, 2.75) is 31.7 Å². The van der Waals surface area contributed by atoms with Crippen LogP contribution in [0, 0.1) is 10.1 Å². The molecule has 0 aromatic heterocycles. The van der Waals surface area contributed by atoms with Crippen LogP contribution >= 0.6 is 23.4 Å². The molecule has 0 saturated carbocycles. The Kier molecular flexibility index (Phi) is 7.33. The zero-order valence-electron chi connectivity index (χ0n) is 16.4. The van der Waals surface area contributed by atoms with Crippen molar-refractivity contribution in [3.63, 3.8) is 0 Å². The van der Waals surface area contributed by atoms with Crippen LogP contribution in [-0.4, -0.2) is 34.8 Å². The van der Waals surface area contributed by atoms with Gasteiger partial charge in [-0.25, -0.2) is 0 Å². The number of carbonyl (C=O) groups is 2. The van der Waals surface area contributed by atoms with Crippen LogP contribution in [0.5, 0.6) is 0 Å². The Hall–Kier alpha value is -2.58. The number of benzene rings is 2. The molecule has 1 atom stereocenters. The molecule has 0 fully saturated rings. The van der Waals surface area contributed by atoms with Crippen LogP contribution in [0.15, 0.2) is 36.4 Å². The number of carbonyl (C=O) groups excluding carboxylic acids is 2. The van der Waals surface area contributed by atoms with Crippen LogP contribution in [0.1, 0.15) is 34.3 Å². The molecule has 7 nitrogen and oxygen atoms in total. The van der Waals surface area contributed by atoms with E-state index >= 15 is 0 Å². The highest BCUT2D eigenvalue weighted by Crippen LogP contribution is 2.26. The van der Waals surface area contributed by atoms with E-state index in [9.17, 15) is 19.7 Å². The van der Waals surface area contributed by atoms with Gasteiger partial charge in [-0.05, 0) is 73.1 Å². The van der Waals surface area contributed by atoms with Crippen LogP contribution in [0.4, 0.5) is 11.4 Å². The number of rotatable bonds is 8. The number of nitrogens with zero attached hydrogens (tertiary/aromatic N) is 1. The molecule has 9 heteroatoms. The molecule has 0 radical (unpaired) electrons. The van der Waals surface area contributed by atoms with Gasteiger partial charge in [0, 0.05) is 17.3 Å². The Balaban J connectivity index is 1.73. The predicted octanol–water partition coefficient (Wildman–Crippen LogP) is 4.23. The average Bonchev–Trinajstić information content (AvgIpc) is 3.18. The summed E-state index contributed by atoms with van der Waals surface area (Å²) in [7, 11) is 0. The second-order valence-electron chi connectivity index (χ2n) is 7.06. The van der Waals surface area contributed by atoms with Gasteiger partial charge in [0.1, 0.15) is 11.1 Å². The second-order valence-corrected chi connectivity index (χ2v) is 8.45. The molecular weight excluding hydrogens is 426 g/mol. The summed E-state index contributed by atoms with van der Waals surface area (Å²) in [4.78, 5) is 35.9. The van der Waals surface area contributed by atoms with Crippen LogP contribution in [0.3, 0.4) is 0 Å². The number of nitro benzene ring substituents is 1. The largest absolute Gasteiger partial charge is 0.340 e. The summed E-state index contributed by atoms with van der Waals surface area (Å²) in [5.41, 5.74) is 2.97. The lowest BCUT2D eigenvalue weighted by Gasteiger charge is -2.18. The van der Waals surface area contributed by atoms with Gasteiger partial charge in [-0.2, -0.15) is 11.8 Å². The summed E-state index contributed by atoms with van der Waals surface area (Å²) >= 11 is 7.37. The minimum absolute atomic E-state index is 0.0511. The highest BCUT2D eigenvalue weighted by molar-refractivity contribution is 7.98. The number of anilines is 1. The van der Waals surface area contributed by atoms with Gasteiger partial charge >= 0.3 is 0 Å². The van der Waals surface area contributed by atoms with E-state index in [4.69, 9.17) is 11.6 Å². The summed E-state index contributed by atoms with van der Waals surface area (Å²) < 4.78 is 0. The lowest BCUT2D eigenvalue weighted by Crippen LogP contribution is -2.44. The molecule has 0 aliphatic heterocycles. The molecule has 2 amide bonds. The van der Waals surface area contributed by atoms with Crippen LogP contribution in [0.25, 0.3) is 0 Å². The monoisotopic (exact) mass is 447 g/mol. The highest BCUT2D eigenvalue weighted by Gasteiger charge is 2.23. The predicted molar refractivity (Wildman–Crippen MR) is 119 cm³/mol. The maximum atomic E-state index is 12.9. The Morgan fingerprint density at radius 3 is 2.70 bits per heavy atom. The molecule has 30 heavy (non-hydrogen) atoms. The van der Waals surface area contributed by atoms with Gasteiger partial charge in [0.2, 0.25) is 5.91 Å². The van der Waals surface area contributed by atoms with Crippen LogP contribution in [0.2, 0.25) is 5.02 Å². The van der Waals surface area contributed by atoms with E-state index in [0.29, 0.717) is 17.9 Å². The van der Waals surface area contributed by atoms with Crippen molar-refractivity contribution in [3.05, 3.63) is 68.2 Å². The molecule has 2 N–H and O–H groups in total. The number of hydrogen-bond donors (Lipinski definition) is 2. The number of aryl methyl sites for hydroxylation is 2. The van der Waals surface area contributed by atoms with Gasteiger partial charge < -0.3 is 10.6 Å². The third kappa shape index (κ3) is 5.31. The van der Waals surface area contributed by atoms with Gasteiger partial charge in [0.25, 0.3) is 11.6 Å². The van der Waals surface area contributed by atoms with E-state index in [1.165, 1.54) is 23.3 Å². The van der Waals surface area contributed by atoms with Gasteiger partial charge in [0.15, 0.2) is 0 Å². The summed E-state index contributed by atoms with van der Waals surface area (Å²) in [6, 6.07) is 8.93. The number of hydrogen-bond acceptors (Lipinski definition) is 5. The topological polar surface area (TPSA) is 101 Å². The maximum Gasteiger partial charge on any atom is 0.288 e. The smallest absolute Gasteiger partial charge is 0.288 e. The number of thioether (sulfide) groups is 1. The molecule has 1 aliphatic carbocycles. The minimum atomic E-state index is -0.770. The molecule has 0 spiro atoms. The van der Waals surface area contributed by atoms with Crippen molar-refractivity contribution in [1.82, 2.24) is 5.32 Å². The number of nitrogens with one attached hydrogen (secondary N) is 2. The van der Waals surface area contributed by atoms with Crippen LogP contribution in [-0.2, 0) is 17.6 Å². The fourth-order valence-electron chi connectivity index (χ4n) is 3.42. The Labute approximate surface area is 183 Å². The summed E-state index contributed by atoms with van der Waals surface area (Å²) in [5, 5.41) is 16.6. The molecule has 2 aromatic carbocycles. The summed E-state index contributed by atoms with van der Waals surface area (Å²) in [6.07, 6.45) is 5.52. The zero-order chi connectivity index (χ0) is 21.7. The third-order valence-electron chi connectivity index (χ3n) is 5.00. The van der Waals surface area contributed by atoms with Crippen molar-refractivity contribution in [2.75, 3.05) is 17.3 Å². The van der Waals surface area contributed by atoms with Gasteiger partial charge in [-0.1, -0.05) is 17.7 Å². The van der Waals surface area contributed by atoms with E-state index in [2.05, 4.69) is 10.6 Å². The molecule has 0 saturated heterocycles. The Bertz CT molecular complexity index is 983. The van der Waals surface area contributed by atoms with E-state index in [1.807, 2.05) is 24.5 Å². The average molecular weight is 448 g/mol. The first-order valence-corrected chi connectivity index (χ1v) is 11.3. The third-order valence-corrected chi connectivity index (χ3v) is 5.97. The van der Waals surface area contributed by atoms with E-state index < -0.39 is 16.9 Å². The normalized spacial score (nSPS) is 13.4. The molecular formula is C21H22ClN3O4S.